The molecular weight excluding hydrogens is 424 g/mol. The number of nitrogens with zero attached hydrogens (tertiary/aromatic N) is 4. The minimum Gasteiger partial charge on any atom is -0.300 e. The third kappa shape index (κ3) is 3.48. The van der Waals surface area contributed by atoms with Crippen molar-refractivity contribution in [3.05, 3.63) is 96.5 Å². The van der Waals surface area contributed by atoms with E-state index in [1.807, 2.05) is 6.07 Å². The number of hydrogen-bond acceptors (Lipinski definition) is 5. The van der Waals surface area contributed by atoms with Crippen LogP contribution in [0.5, 0.6) is 0 Å². The smallest absolute Gasteiger partial charge is 0.300 e. The molecule has 0 saturated heterocycles. The molecule has 0 bridgehead atoms. The highest BCUT2D eigenvalue weighted by molar-refractivity contribution is 7.98. The number of para-hydroxylation sites is 2. The lowest BCUT2D eigenvalue weighted by molar-refractivity contribution is 0.664. The van der Waals surface area contributed by atoms with Gasteiger partial charge in [0.25, 0.3) is 11.1 Å². The number of rotatable bonds is 4. The predicted octanol–water partition coefficient (Wildman–Crippen LogP) is 2.73. The summed E-state index contributed by atoms with van der Waals surface area (Å²) in [6.45, 7) is 0. The number of hydrogen-bond donors (Lipinski definition) is 0. The van der Waals surface area contributed by atoms with Crippen LogP contribution in [-0.2, 0) is 19.8 Å². The Morgan fingerprint density at radius 2 is 1.67 bits per heavy atom. The Morgan fingerprint density at radius 1 is 0.967 bits per heavy atom. The molecule has 0 aliphatic carbocycles. The van der Waals surface area contributed by atoms with Crippen LogP contribution in [0.25, 0.3) is 16.6 Å². The maximum absolute atomic E-state index is 13.3. The van der Waals surface area contributed by atoms with E-state index in [0.29, 0.717) is 32.5 Å². The van der Waals surface area contributed by atoms with E-state index in [9.17, 15) is 14.4 Å². The average molecular weight is 441 g/mol. The molecule has 30 heavy (non-hydrogen) atoms. The SMILES string of the molecule is Cn1c(CSc2nc3ccccc3c(=O)n2-c2ccccc2Cl)cc(=O)n(C)c1=O. The summed E-state index contributed by atoms with van der Waals surface area (Å²) < 4.78 is 3.92. The van der Waals surface area contributed by atoms with Gasteiger partial charge < -0.3 is 0 Å². The molecule has 152 valence electrons. The molecular formula is C21H17ClN4O3S. The molecule has 2 heterocycles. The fraction of sp³-hybridized carbons (Fsp3) is 0.143. The Bertz CT molecular complexity index is 1460. The summed E-state index contributed by atoms with van der Waals surface area (Å²) in [5.74, 6) is 0.275. The van der Waals surface area contributed by atoms with E-state index >= 15 is 0 Å². The molecule has 0 fully saturated rings. The van der Waals surface area contributed by atoms with Gasteiger partial charge in [-0.25, -0.2) is 9.78 Å². The van der Waals surface area contributed by atoms with Crippen molar-refractivity contribution in [1.29, 1.82) is 0 Å². The molecule has 2 aromatic carbocycles. The van der Waals surface area contributed by atoms with E-state index in [2.05, 4.69) is 4.98 Å². The number of halogens is 1. The van der Waals surface area contributed by atoms with Crippen molar-refractivity contribution in [1.82, 2.24) is 18.7 Å². The molecule has 0 spiro atoms. The summed E-state index contributed by atoms with van der Waals surface area (Å²) in [5.41, 5.74) is 0.570. The van der Waals surface area contributed by atoms with Crippen LogP contribution in [0.3, 0.4) is 0 Å². The first-order chi connectivity index (χ1) is 14.4. The molecule has 0 saturated carbocycles. The van der Waals surface area contributed by atoms with Crippen LogP contribution in [0, 0.1) is 0 Å². The van der Waals surface area contributed by atoms with Crippen molar-refractivity contribution in [2.75, 3.05) is 0 Å². The molecule has 0 aliphatic rings. The Labute approximate surface area is 180 Å². The first kappa shape index (κ1) is 20.2. The van der Waals surface area contributed by atoms with Crippen LogP contribution in [-0.4, -0.2) is 18.7 Å². The van der Waals surface area contributed by atoms with Crippen LogP contribution in [0.2, 0.25) is 5.02 Å². The van der Waals surface area contributed by atoms with E-state index in [1.54, 1.807) is 49.5 Å². The van der Waals surface area contributed by atoms with Crippen LogP contribution in [0.4, 0.5) is 0 Å². The van der Waals surface area contributed by atoms with Crippen molar-refractivity contribution in [3.8, 4) is 5.69 Å². The molecule has 0 N–H and O–H groups in total. The Kier molecular flexibility index (Phi) is 5.36. The molecule has 0 aliphatic heterocycles. The molecule has 0 unspecified atom stereocenters. The minimum atomic E-state index is -0.409. The van der Waals surface area contributed by atoms with Gasteiger partial charge in [0.2, 0.25) is 0 Å². The topological polar surface area (TPSA) is 78.9 Å². The highest BCUT2D eigenvalue weighted by Crippen LogP contribution is 2.27. The van der Waals surface area contributed by atoms with E-state index in [-0.39, 0.29) is 16.9 Å². The van der Waals surface area contributed by atoms with Gasteiger partial charge in [-0.3, -0.25) is 23.3 Å². The lowest BCUT2D eigenvalue weighted by atomic mass is 10.2. The molecule has 4 aromatic rings. The van der Waals surface area contributed by atoms with Gasteiger partial charge in [-0.15, -0.1) is 0 Å². The molecule has 7 nitrogen and oxygen atoms in total. The van der Waals surface area contributed by atoms with Gasteiger partial charge in [-0.1, -0.05) is 47.6 Å². The van der Waals surface area contributed by atoms with Gasteiger partial charge in [0.15, 0.2) is 5.16 Å². The fourth-order valence-corrected chi connectivity index (χ4v) is 4.36. The summed E-state index contributed by atoms with van der Waals surface area (Å²) in [6.07, 6.45) is 0. The van der Waals surface area contributed by atoms with Crippen LogP contribution >= 0.6 is 23.4 Å². The van der Waals surface area contributed by atoms with E-state index < -0.39 is 5.69 Å². The maximum Gasteiger partial charge on any atom is 0.330 e. The third-order valence-electron chi connectivity index (χ3n) is 4.81. The highest BCUT2D eigenvalue weighted by atomic mass is 35.5. The Morgan fingerprint density at radius 3 is 2.43 bits per heavy atom. The second-order valence-electron chi connectivity index (χ2n) is 6.67. The standard InChI is InChI=1S/C21H17ClN4O3S/c1-24-13(11-18(27)25(2)21(24)29)12-30-20-23-16-9-5-3-7-14(16)19(28)26(20)17-10-6-4-8-15(17)22/h3-11H,12H2,1-2H3. The molecule has 4 rings (SSSR count). The Hall–Kier alpha value is -3.10. The lowest BCUT2D eigenvalue weighted by Gasteiger charge is -2.15. The average Bonchev–Trinajstić information content (AvgIpc) is 2.75. The number of aromatic nitrogens is 4. The first-order valence-corrected chi connectivity index (χ1v) is 10.4. The van der Waals surface area contributed by atoms with Crippen molar-refractivity contribution >= 4 is 34.3 Å². The van der Waals surface area contributed by atoms with Gasteiger partial charge in [-0.05, 0) is 24.3 Å². The molecule has 0 amide bonds. The van der Waals surface area contributed by atoms with Crippen molar-refractivity contribution in [3.63, 3.8) is 0 Å². The van der Waals surface area contributed by atoms with Gasteiger partial charge in [-0.2, -0.15) is 0 Å². The van der Waals surface area contributed by atoms with E-state index in [4.69, 9.17) is 11.6 Å². The number of fused-ring (bicyclic) bond motifs is 1. The van der Waals surface area contributed by atoms with Crippen molar-refractivity contribution < 1.29 is 0 Å². The molecule has 2 aromatic heterocycles. The number of thioether (sulfide) groups is 1. The van der Waals surface area contributed by atoms with Crippen LogP contribution in [0.15, 0.2) is 74.1 Å². The predicted molar refractivity (Wildman–Crippen MR) is 119 cm³/mol. The molecule has 9 heteroatoms. The second-order valence-corrected chi connectivity index (χ2v) is 8.02. The maximum atomic E-state index is 13.3. The normalized spacial score (nSPS) is 11.2. The monoisotopic (exact) mass is 440 g/mol. The van der Waals surface area contributed by atoms with Crippen LogP contribution in [0.1, 0.15) is 5.69 Å². The first-order valence-electron chi connectivity index (χ1n) is 9.04. The van der Waals surface area contributed by atoms with Gasteiger partial charge in [0.05, 0.1) is 21.6 Å². The lowest BCUT2D eigenvalue weighted by Crippen LogP contribution is -2.37. The quantitative estimate of drug-likeness (QED) is 0.360. The van der Waals surface area contributed by atoms with Gasteiger partial charge in [0, 0.05) is 31.6 Å². The summed E-state index contributed by atoms with van der Waals surface area (Å²) in [4.78, 5) is 42.2. The van der Waals surface area contributed by atoms with Crippen LogP contribution < -0.4 is 16.8 Å². The number of benzene rings is 2. The zero-order valence-electron chi connectivity index (χ0n) is 16.2. The third-order valence-corrected chi connectivity index (χ3v) is 6.10. The highest BCUT2D eigenvalue weighted by Gasteiger charge is 2.16. The summed E-state index contributed by atoms with van der Waals surface area (Å²) in [6, 6.07) is 15.5. The zero-order valence-corrected chi connectivity index (χ0v) is 17.8. The van der Waals surface area contributed by atoms with Crippen molar-refractivity contribution in [2.24, 2.45) is 14.1 Å². The largest absolute Gasteiger partial charge is 0.330 e. The minimum absolute atomic E-state index is 0.242. The fourth-order valence-electron chi connectivity index (χ4n) is 3.11. The molecule has 0 atom stereocenters. The van der Waals surface area contributed by atoms with E-state index in [0.717, 1.165) is 4.57 Å². The summed E-state index contributed by atoms with van der Waals surface area (Å²) >= 11 is 7.62. The summed E-state index contributed by atoms with van der Waals surface area (Å²) in [7, 11) is 3.04. The van der Waals surface area contributed by atoms with E-state index in [1.165, 1.54) is 34.0 Å². The van der Waals surface area contributed by atoms with Crippen molar-refractivity contribution in [2.45, 2.75) is 10.9 Å². The van der Waals surface area contributed by atoms with Gasteiger partial charge >= 0.3 is 5.69 Å². The zero-order chi connectivity index (χ0) is 21.4. The Balaban J connectivity index is 1.88. The molecule has 0 radical (unpaired) electrons. The second kappa shape index (κ2) is 7.97. The van der Waals surface area contributed by atoms with Gasteiger partial charge in [0.1, 0.15) is 0 Å². The summed E-state index contributed by atoms with van der Waals surface area (Å²) in [5, 5.41) is 1.31.